The van der Waals surface area contributed by atoms with Crippen LogP contribution in [0.1, 0.15) is 38.5 Å². The van der Waals surface area contributed by atoms with Gasteiger partial charge in [-0.15, -0.1) is 0 Å². The average molecular weight is 347 g/mol. The molecule has 0 heterocycles. The molecule has 0 bridgehead atoms. The Bertz CT molecular complexity index is 392. The van der Waals surface area contributed by atoms with Gasteiger partial charge in [-0.05, 0) is 31.0 Å². The second kappa shape index (κ2) is 8.13. The van der Waals surface area contributed by atoms with Crippen LogP contribution in [0, 0.1) is 0 Å². The average Bonchev–Trinajstić information content (AvgIpc) is 2.65. The molecule has 0 atom stereocenters. The predicted molar refractivity (Wildman–Crippen MR) is 84.1 cm³/mol. The fraction of sp³-hybridized carbons (Fsp3) is 0.600. The van der Waals surface area contributed by atoms with Gasteiger partial charge in [0.2, 0.25) is 0 Å². The first kappa shape index (κ1) is 15.1. The predicted octanol–water partition coefficient (Wildman–Crippen LogP) is 4.79. The quantitative estimate of drug-likeness (QED) is 0.611. The lowest BCUT2D eigenvalue weighted by Crippen LogP contribution is -2.32. The Morgan fingerprint density at radius 3 is 2.63 bits per heavy atom. The maximum absolute atomic E-state index is 6.10. The van der Waals surface area contributed by atoms with Crippen molar-refractivity contribution in [3.63, 3.8) is 0 Å². The molecule has 0 amide bonds. The molecule has 1 aromatic rings. The highest BCUT2D eigenvalue weighted by atomic mass is 79.9. The van der Waals surface area contributed by atoms with Crippen LogP contribution in [0.25, 0.3) is 0 Å². The summed E-state index contributed by atoms with van der Waals surface area (Å²) in [5, 5.41) is 4.24. The molecule has 19 heavy (non-hydrogen) atoms. The Morgan fingerprint density at radius 1 is 1.21 bits per heavy atom. The maximum atomic E-state index is 6.10. The summed E-state index contributed by atoms with van der Waals surface area (Å²) >= 11 is 9.49. The van der Waals surface area contributed by atoms with Crippen LogP contribution in [-0.2, 0) is 0 Å². The molecule has 0 radical (unpaired) electrons. The third-order valence-electron chi connectivity index (χ3n) is 3.54. The van der Waals surface area contributed by atoms with Gasteiger partial charge in [0.15, 0.2) is 0 Å². The molecule has 1 saturated carbocycles. The Hall–Kier alpha value is -0.250. The Labute approximate surface area is 129 Å². The molecule has 4 heteroatoms. The first-order valence-electron chi connectivity index (χ1n) is 7.07. The second-order valence-electron chi connectivity index (χ2n) is 5.07. The fourth-order valence-corrected chi connectivity index (χ4v) is 3.23. The van der Waals surface area contributed by atoms with E-state index in [1.807, 2.05) is 18.2 Å². The van der Waals surface area contributed by atoms with Crippen molar-refractivity contribution >= 4 is 27.5 Å². The minimum absolute atomic E-state index is 0.656. The van der Waals surface area contributed by atoms with Gasteiger partial charge in [-0.25, -0.2) is 0 Å². The standard InChI is InChI=1S/C15H21BrClNO/c16-12-7-8-15(14(17)11-12)19-10-9-18-13-5-3-1-2-4-6-13/h7-8,11,13,18H,1-6,9-10H2. The molecule has 0 spiro atoms. The summed E-state index contributed by atoms with van der Waals surface area (Å²) in [6.07, 6.45) is 8.11. The lowest BCUT2D eigenvalue weighted by molar-refractivity contribution is 0.300. The van der Waals surface area contributed by atoms with Crippen LogP contribution < -0.4 is 10.1 Å². The lowest BCUT2D eigenvalue weighted by Gasteiger charge is -2.16. The molecule has 0 saturated heterocycles. The first-order chi connectivity index (χ1) is 9.25. The maximum Gasteiger partial charge on any atom is 0.138 e. The molecule has 0 aliphatic heterocycles. The van der Waals surface area contributed by atoms with E-state index in [1.165, 1.54) is 38.5 Å². The summed E-state index contributed by atoms with van der Waals surface area (Å²) in [5.41, 5.74) is 0. The first-order valence-corrected chi connectivity index (χ1v) is 8.24. The number of hydrogen-bond acceptors (Lipinski definition) is 2. The third-order valence-corrected chi connectivity index (χ3v) is 4.33. The second-order valence-corrected chi connectivity index (χ2v) is 6.39. The summed E-state index contributed by atoms with van der Waals surface area (Å²) in [7, 11) is 0. The highest BCUT2D eigenvalue weighted by molar-refractivity contribution is 9.10. The summed E-state index contributed by atoms with van der Waals surface area (Å²) in [4.78, 5) is 0. The van der Waals surface area contributed by atoms with E-state index in [4.69, 9.17) is 16.3 Å². The third kappa shape index (κ3) is 5.33. The zero-order valence-electron chi connectivity index (χ0n) is 11.1. The van der Waals surface area contributed by atoms with Crippen molar-refractivity contribution in [2.45, 2.75) is 44.6 Å². The zero-order chi connectivity index (χ0) is 13.5. The van der Waals surface area contributed by atoms with Crippen molar-refractivity contribution in [3.05, 3.63) is 27.7 Å². The Balaban J connectivity index is 1.68. The van der Waals surface area contributed by atoms with Gasteiger partial charge in [-0.3, -0.25) is 0 Å². The van der Waals surface area contributed by atoms with Crippen LogP contribution in [0.3, 0.4) is 0 Å². The number of rotatable bonds is 5. The van der Waals surface area contributed by atoms with E-state index in [0.717, 1.165) is 16.8 Å². The molecule has 1 fully saturated rings. The van der Waals surface area contributed by atoms with Crippen molar-refractivity contribution < 1.29 is 4.74 Å². The number of benzene rings is 1. The molecule has 1 aromatic carbocycles. The van der Waals surface area contributed by atoms with E-state index in [1.54, 1.807) is 0 Å². The van der Waals surface area contributed by atoms with Crippen molar-refractivity contribution in [2.75, 3.05) is 13.2 Å². The summed E-state index contributed by atoms with van der Waals surface area (Å²) in [5.74, 6) is 0.757. The van der Waals surface area contributed by atoms with E-state index < -0.39 is 0 Å². The molecule has 0 aromatic heterocycles. The van der Waals surface area contributed by atoms with Gasteiger partial charge in [-0.1, -0.05) is 53.2 Å². The van der Waals surface area contributed by atoms with E-state index in [9.17, 15) is 0 Å². The molecule has 106 valence electrons. The minimum Gasteiger partial charge on any atom is -0.491 e. The molecular formula is C15H21BrClNO. The Kier molecular flexibility index (Phi) is 6.48. The summed E-state index contributed by atoms with van der Waals surface area (Å²) in [6.45, 7) is 1.55. The van der Waals surface area contributed by atoms with Gasteiger partial charge < -0.3 is 10.1 Å². The molecular weight excluding hydrogens is 326 g/mol. The van der Waals surface area contributed by atoms with Crippen LogP contribution in [0.5, 0.6) is 5.75 Å². The topological polar surface area (TPSA) is 21.3 Å². The molecule has 1 N–H and O–H groups in total. The number of hydrogen-bond donors (Lipinski definition) is 1. The van der Waals surface area contributed by atoms with E-state index in [-0.39, 0.29) is 0 Å². The van der Waals surface area contributed by atoms with Crippen molar-refractivity contribution in [3.8, 4) is 5.75 Å². The highest BCUT2D eigenvalue weighted by Crippen LogP contribution is 2.27. The van der Waals surface area contributed by atoms with Crippen LogP contribution in [0.2, 0.25) is 5.02 Å². The van der Waals surface area contributed by atoms with Gasteiger partial charge in [0.25, 0.3) is 0 Å². The number of halogens is 2. The van der Waals surface area contributed by atoms with E-state index in [2.05, 4.69) is 21.2 Å². The zero-order valence-corrected chi connectivity index (χ0v) is 13.5. The molecule has 2 rings (SSSR count). The fourth-order valence-electron chi connectivity index (χ4n) is 2.50. The summed E-state index contributed by atoms with van der Waals surface area (Å²) < 4.78 is 6.67. The van der Waals surface area contributed by atoms with Crippen molar-refractivity contribution in [1.82, 2.24) is 5.32 Å². The SMILES string of the molecule is Clc1cc(Br)ccc1OCCNC1CCCCCC1. The van der Waals surface area contributed by atoms with Gasteiger partial charge in [-0.2, -0.15) is 0 Å². The molecule has 0 unspecified atom stereocenters. The van der Waals surface area contributed by atoms with Crippen molar-refractivity contribution in [1.29, 1.82) is 0 Å². The largest absolute Gasteiger partial charge is 0.491 e. The van der Waals surface area contributed by atoms with Gasteiger partial charge >= 0.3 is 0 Å². The van der Waals surface area contributed by atoms with Crippen molar-refractivity contribution in [2.24, 2.45) is 0 Å². The van der Waals surface area contributed by atoms with Crippen LogP contribution in [0.15, 0.2) is 22.7 Å². The smallest absolute Gasteiger partial charge is 0.138 e. The van der Waals surface area contributed by atoms with E-state index >= 15 is 0 Å². The minimum atomic E-state index is 0.656. The van der Waals surface area contributed by atoms with Gasteiger partial charge in [0.1, 0.15) is 12.4 Å². The Morgan fingerprint density at radius 2 is 1.95 bits per heavy atom. The normalized spacial score (nSPS) is 17.2. The molecule has 1 aliphatic rings. The van der Waals surface area contributed by atoms with Crippen LogP contribution >= 0.6 is 27.5 Å². The number of ether oxygens (including phenoxy) is 1. The monoisotopic (exact) mass is 345 g/mol. The van der Waals surface area contributed by atoms with Gasteiger partial charge in [0, 0.05) is 17.1 Å². The summed E-state index contributed by atoms with van der Waals surface area (Å²) in [6, 6.07) is 6.37. The van der Waals surface area contributed by atoms with Crippen LogP contribution in [-0.4, -0.2) is 19.2 Å². The molecule has 1 aliphatic carbocycles. The lowest BCUT2D eigenvalue weighted by atomic mass is 10.1. The van der Waals surface area contributed by atoms with Gasteiger partial charge in [0.05, 0.1) is 5.02 Å². The highest BCUT2D eigenvalue weighted by Gasteiger charge is 2.11. The van der Waals surface area contributed by atoms with E-state index in [0.29, 0.717) is 17.7 Å². The number of nitrogens with one attached hydrogen (secondary N) is 1. The molecule has 2 nitrogen and oxygen atoms in total. The van der Waals surface area contributed by atoms with Crippen LogP contribution in [0.4, 0.5) is 0 Å².